The highest BCUT2D eigenvalue weighted by Gasteiger charge is 2.49. The first-order chi connectivity index (χ1) is 14.8. The molecule has 31 heavy (non-hydrogen) atoms. The van der Waals surface area contributed by atoms with Crippen molar-refractivity contribution in [3.05, 3.63) is 59.6 Å². The third-order valence-electron chi connectivity index (χ3n) is 4.83. The molecule has 0 radical (unpaired) electrons. The lowest BCUT2D eigenvalue weighted by Gasteiger charge is -2.24. The minimum atomic E-state index is -5.19. The Morgan fingerprint density at radius 2 is 1.71 bits per heavy atom. The Bertz CT molecular complexity index is 1130. The maximum atomic E-state index is 14.1. The van der Waals surface area contributed by atoms with Crippen molar-refractivity contribution in [3.8, 4) is 11.4 Å². The zero-order valence-electron chi connectivity index (χ0n) is 16.1. The molecular weight excluding hydrogens is 451 g/mol. The zero-order chi connectivity index (χ0) is 22.1. The second-order valence-electron chi connectivity index (χ2n) is 6.86. The van der Waals surface area contributed by atoms with E-state index in [2.05, 4.69) is 9.97 Å². The summed E-state index contributed by atoms with van der Waals surface area (Å²) < 4.78 is 72.9. The van der Waals surface area contributed by atoms with Crippen LogP contribution in [-0.4, -0.2) is 37.9 Å². The summed E-state index contributed by atoms with van der Waals surface area (Å²) in [7, 11) is -4.92. The average Bonchev–Trinajstić information content (AvgIpc) is 3.19. The standard InChI is InChI=1S/C20H18F3N3O3S2/c21-20(22,23)26(31(27,28)15-6-2-1-3-7-15)19-25-17(16-8-4-5-11-24-16)18(30-19)14-9-12-29-13-10-14/h1-8,11,14H,9-10,12-13H2. The topological polar surface area (TPSA) is 72.4 Å². The number of aromatic nitrogens is 2. The van der Waals surface area contributed by atoms with Gasteiger partial charge in [0.1, 0.15) is 5.69 Å². The Hall–Kier alpha value is -2.50. The van der Waals surface area contributed by atoms with Gasteiger partial charge in [0.2, 0.25) is 5.13 Å². The summed E-state index contributed by atoms with van der Waals surface area (Å²) in [5.41, 5.74) is 0.663. The van der Waals surface area contributed by atoms with E-state index in [1.165, 1.54) is 24.4 Å². The minimum Gasteiger partial charge on any atom is -0.381 e. The fourth-order valence-corrected chi connectivity index (χ4v) is 6.18. The van der Waals surface area contributed by atoms with Crippen LogP contribution in [0.3, 0.4) is 0 Å². The van der Waals surface area contributed by atoms with Crippen LogP contribution < -0.4 is 4.31 Å². The van der Waals surface area contributed by atoms with Crippen molar-refractivity contribution in [1.29, 1.82) is 0 Å². The highest BCUT2D eigenvalue weighted by Crippen LogP contribution is 2.44. The lowest BCUT2D eigenvalue weighted by Crippen LogP contribution is -2.42. The number of halogens is 3. The van der Waals surface area contributed by atoms with Gasteiger partial charge in [0.15, 0.2) is 0 Å². The average molecular weight is 470 g/mol. The van der Waals surface area contributed by atoms with Crippen LogP contribution in [0, 0.1) is 0 Å². The highest BCUT2D eigenvalue weighted by atomic mass is 32.2. The largest absolute Gasteiger partial charge is 0.500 e. The van der Waals surface area contributed by atoms with E-state index in [1.807, 2.05) is 0 Å². The van der Waals surface area contributed by atoms with Gasteiger partial charge in [-0.25, -0.2) is 13.4 Å². The van der Waals surface area contributed by atoms with Gasteiger partial charge in [-0.05, 0) is 37.1 Å². The first-order valence-corrected chi connectivity index (χ1v) is 11.7. The monoisotopic (exact) mass is 469 g/mol. The molecule has 1 aliphatic heterocycles. The fraction of sp³-hybridized carbons (Fsp3) is 0.300. The molecule has 3 aromatic rings. The molecule has 2 aromatic heterocycles. The quantitative estimate of drug-likeness (QED) is 0.502. The predicted molar refractivity (Wildman–Crippen MR) is 110 cm³/mol. The summed E-state index contributed by atoms with van der Waals surface area (Å²) in [5.74, 6) is -0.0912. The summed E-state index contributed by atoms with van der Waals surface area (Å²) in [4.78, 5) is 8.49. The molecule has 0 saturated carbocycles. The summed E-state index contributed by atoms with van der Waals surface area (Å²) in [6.45, 7) is 0.954. The Labute approximate surface area is 181 Å². The number of sulfonamides is 1. The Morgan fingerprint density at radius 1 is 1.03 bits per heavy atom. The number of hydrogen-bond acceptors (Lipinski definition) is 6. The van der Waals surface area contributed by atoms with E-state index in [9.17, 15) is 21.6 Å². The van der Waals surface area contributed by atoms with Crippen molar-refractivity contribution >= 4 is 26.5 Å². The minimum absolute atomic E-state index is 0.0912. The van der Waals surface area contributed by atoms with Gasteiger partial charge < -0.3 is 4.74 Å². The molecule has 0 bridgehead atoms. The van der Waals surface area contributed by atoms with Gasteiger partial charge in [-0.2, -0.15) is 0 Å². The molecule has 0 N–H and O–H groups in total. The number of benzene rings is 1. The van der Waals surface area contributed by atoms with Gasteiger partial charge in [-0.15, -0.1) is 17.5 Å². The molecule has 1 aromatic carbocycles. The van der Waals surface area contributed by atoms with Crippen molar-refractivity contribution in [2.75, 3.05) is 17.5 Å². The van der Waals surface area contributed by atoms with Crippen LogP contribution >= 0.6 is 11.3 Å². The first kappa shape index (κ1) is 21.7. The van der Waals surface area contributed by atoms with Crippen molar-refractivity contribution in [2.24, 2.45) is 0 Å². The summed E-state index contributed by atoms with van der Waals surface area (Å²) in [6.07, 6.45) is -2.46. The number of thiazole rings is 1. The van der Waals surface area contributed by atoms with Crippen molar-refractivity contribution in [2.45, 2.75) is 30.0 Å². The SMILES string of the molecule is O=S(=O)(c1ccccc1)N(c1nc(-c2ccccn2)c(C2CCOCC2)s1)C(F)(F)F. The normalized spacial score (nSPS) is 15.7. The van der Waals surface area contributed by atoms with E-state index in [4.69, 9.17) is 4.74 Å². The van der Waals surface area contributed by atoms with Crippen LogP contribution in [0.5, 0.6) is 0 Å². The molecule has 0 spiro atoms. The third-order valence-corrected chi connectivity index (χ3v) is 7.87. The van der Waals surface area contributed by atoms with Crippen LogP contribution in [0.1, 0.15) is 23.6 Å². The molecule has 164 valence electrons. The number of alkyl halides is 3. The van der Waals surface area contributed by atoms with E-state index in [1.54, 1.807) is 18.2 Å². The Balaban J connectivity index is 1.87. The predicted octanol–water partition coefficient (Wildman–Crippen LogP) is 4.81. The number of ether oxygens (including phenoxy) is 1. The van der Waals surface area contributed by atoms with Crippen LogP contribution in [-0.2, 0) is 14.8 Å². The second kappa shape index (κ2) is 8.56. The maximum absolute atomic E-state index is 14.1. The number of nitrogens with zero attached hydrogens (tertiary/aromatic N) is 3. The molecule has 0 amide bonds. The molecule has 0 unspecified atom stereocenters. The number of rotatable bonds is 5. The fourth-order valence-electron chi connectivity index (χ4n) is 3.38. The second-order valence-corrected chi connectivity index (χ2v) is 9.66. The molecule has 0 aliphatic carbocycles. The Morgan fingerprint density at radius 3 is 2.32 bits per heavy atom. The van der Waals surface area contributed by atoms with Gasteiger partial charge in [0.05, 0.1) is 10.6 Å². The first-order valence-electron chi connectivity index (χ1n) is 9.45. The molecule has 3 heterocycles. The van der Waals surface area contributed by atoms with Crippen molar-refractivity contribution < 1.29 is 26.3 Å². The summed E-state index contributed by atoms with van der Waals surface area (Å²) in [6, 6.07) is 11.6. The summed E-state index contributed by atoms with van der Waals surface area (Å²) >= 11 is 0.737. The van der Waals surface area contributed by atoms with Gasteiger partial charge in [0, 0.05) is 30.2 Å². The van der Waals surface area contributed by atoms with E-state index in [-0.39, 0.29) is 11.6 Å². The van der Waals surface area contributed by atoms with Gasteiger partial charge >= 0.3 is 6.30 Å². The molecule has 4 rings (SSSR count). The highest BCUT2D eigenvalue weighted by molar-refractivity contribution is 7.93. The number of hydrogen-bond donors (Lipinski definition) is 0. The number of anilines is 1. The van der Waals surface area contributed by atoms with Crippen LogP contribution in [0.15, 0.2) is 59.6 Å². The van der Waals surface area contributed by atoms with Crippen molar-refractivity contribution in [3.63, 3.8) is 0 Å². The van der Waals surface area contributed by atoms with Gasteiger partial charge in [0.25, 0.3) is 10.0 Å². The number of pyridine rings is 1. The lowest BCUT2D eigenvalue weighted by atomic mass is 9.96. The molecule has 1 aliphatic rings. The van der Waals surface area contributed by atoms with E-state index < -0.39 is 30.7 Å². The third kappa shape index (κ3) is 4.43. The van der Waals surface area contributed by atoms with Gasteiger partial charge in [-0.3, -0.25) is 4.98 Å². The zero-order valence-corrected chi connectivity index (χ0v) is 17.8. The lowest BCUT2D eigenvalue weighted by molar-refractivity contribution is -0.115. The maximum Gasteiger partial charge on any atom is 0.500 e. The molecule has 1 fully saturated rings. The molecule has 6 nitrogen and oxygen atoms in total. The van der Waals surface area contributed by atoms with Gasteiger partial charge in [-0.1, -0.05) is 35.6 Å². The van der Waals surface area contributed by atoms with Crippen molar-refractivity contribution in [1.82, 2.24) is 9.97 Å². The Kier molecular flexibility index (Phi) is 6.00. The molecule has 11 heteroatoms. The van der Waals surface area contributed by atoms with E-state index >= 15 is 0 Å². The smallest absolute Gasteiger partial charge is 0.381 e. The van der Waals surface area contributed by atoms with Crippen LogP contribution in [0.25, 0.3) is 11.4 Å². The molecule has 0 atom stereocenters. The van der Waals surface area contributed by atoms with Crippen LogP contribution in [0.4, 0.5) is 18.3 Å². The molecule has 1 saturated heterocycles. The summed E-state index contributed by atoms with van der Waals surface area (Å²) in [5, 5.41) is -0.654. The van der Waals surface area contributed by atoms with Crippen LogP contribution in [0.2, 0.25) is 0 Å². The van der Waals surface area contributed by atoms with E-state index in [0.717, 1.165) is 23.5 Å². The molecular formula is C20H18F3N3O3S2. The van der Waals surface area contributed by atoms with E-state index in [0.29, 0.717) is 36.6 Å².